The first-order valence-electron chi connectivity index (χ1n) is 9.87. The molecule has 3 rings (SSSR count). The molecule has 1 N–H and O–H groups in total. The molecule has 0 aromatic heterocycles. The lowest BCUT2D eigenvalue weighted by Crippen LogP contribution is -2.28. The summed E-state index contributed by atoms with van der Waals surface area (Å²) in [5.41, 5.74) is 2.84. The molecule has 28 heavy (non-hydrogen) atoms. The summed E-state index contributed by atoms with van der Waals surface area (Å²) >= 11 is 0. The molecule has 5 heteroatoms. The lowest BCUT2D eigenvalue weighted by Gasteiger charge is -2.17. The van der Waals surface area contributed by atoms with Crippen molar-refractivity contribution in [1.82, 2.24) is 5.32 Å². The molecule has 0 saturated carbocycles. The predicted molar refractivity (Wildman–Crippen MR) is 110 cm³/mol. The van der Waals surface area contributed by atoms with Crippen LogP contribution in [-0.2, 0) is 16.0 Å². The molecule has 148 valence electrons. The fraction of sp³-hybridized carbons (Fsp3) is 0.391. The molecule has 1 fully saturated rings. The summed E-state index contributed by atoms with van der Waals surface area (Å²) in [4.78, 5) is 26.1. The van der Waals surface area contributed by atoms with E-state index in [1.54, 1.807) is 4.90 Å². The standard InChI is InChI=1S/C23H28N2O3/c1-16(2)28-21-7-4-6-19(15-21)17(3)24-22(26)14-18-9-11-20(12-10-18)25-13-5-8-23(25)27/h4,6-7,9-12,15-17H,5,8,13-14H2,1-3H3,(H,24,26). The quantitative estimate of drug-likeness (QED) is 0.789. The summed E-state index contributed by atoms with van der Waals surface area (Å²) in [6.07, 6.45) is 1.94. The molecule has 0 aliphatic carbocycles. The second-order valence-electron chi connectivity index (χ2n) is 7.52. The summed E-state index contributed by atoms with van der Waals surface area (Å²) in [7, 11) is 0. The Kier molecular flexibility index (Phi) is 6.34. The molecule has 1 aliphatic rings. The maximum absolute atomic E-state index is 12.4. The second-order valence-corrected chi connectivity index (χ2v) is 7.52. The molecule has 1 saturated heterocycles. The van der Waals surface area contributed by atoms with Crippen LogP contribution in [0, 0.1) is 0 Å². The predicted octanol–water partition coefficient (Wildman–Crippen LogP) is 4.02. The van der Waals surface area contributed by atoms with Gasteiger partial charge >= 0.3 is 0 Å². The van der Waals surface area contributed by atoms with Gasteiger partial charge < -0.3 is 15.0 Å². The first-order chi connectivity index (χ1) is 13.4. The van der Waals surface area contributed by atoms with Crippen molar-refractivity contribution in [2.45, 2.75) is 52.2 Å². The van der Waals surface area contributed by atoms with E-state index >= 15 is 0 Å². The van der Waals surface area contributed by atoms with E-state index in [0.717, 1.165) is 35.5 Å². The highest BCUT2D eigenvalue weighted by atomic mass is 16.5. The maximum atomic E-state index is 12.4. The summed E-state index contributed by atoms with van der Waals surface area (Å²) < 4.78 is 5.73. The molecule has 1 unspecified atom stereocenters. The molecule has 0 radical (unpaired) electrons. The van der Waals surface area contributed by atoms with Crippen molar-refractivity contribution in [1.29, 1.82) is 0 Å². The molecule has 1 atom stereocenters. The number of hydrogen-bond donors (Lipinski definition) is 1. The van der Waals surface area contributed by atoms with E-state index in [2.05, 4.69) is 5.32 Å². The zero-order valence-electron chi connectivity index (χ0n) is 16.8. The van der Waals surface area contributed by atoms with E-state index in [4.69, 9.17) is 4.74 Å². The Morgan fingerprint density at radius 1 is 1.14 bits per heavy atom. The Hall–Kier alpha value is -2.82. The fourth-order valence-electron chi connectivity index (χ4n) is 3.41. The van der Waals surface area contributed by atoms with Gasteiger partial charge in [-0.15, -0.1) is 0 Å². The van der Waals surface area contributed by atoms with Gasteiger partial charge in [0.05, 0.1) is 18.6 Å². The van der Waals surface area contributed by atoms with Gasteiger partial charge in [-0.1, -0.05) is 24.3 Å². The van der Waals surface area contributed by atoms with Crippen LogP contribution >= 0.6 is 0 Å². The van der Waals surface area contributed by atoms with E-state index in [-0.39, 0.29) is 24.0 Å². The van der Waals surface area contributed by atoms with E-state index < -0.39 is 0 Å². The van der Waals surface area contributed by atoms with Gasteiger partial charge in [-0.25, -0.2) is 0 Å². The number of nitrogens with zero attached hydrogens (tertiary/aromatic N) is 1. The van der Waals surface area contributed by atoms with Gasteiger partial charge in [-0.2, -0.15) is 0 Å². The van der Waals surface area contributed by atoms with Crippen LogP contribution in [0.2, 0.25) is 0 Å². The molecule has 5 nitrogen and oxygen atoms in total. The first-order valence-corrected chi connectivity index (χ1v) is 9.87. The third-order valence-electron chi connectivity index (χ3n) is 4.79. The number of anilines is 1. The first kappa shape index (κ1) is 19.9. The van der Waals surface area contributed by atoms with Crippen molar-refractivity contribution in [3.05, 3.63) is 59.7 Å². The third kappa shape index (κ3) is 5.12. The van der Waals surface area contributed by atoms with E-state index in [9.17, 15) is 9.59 Å². The number of carbonyl (C=O) groups excluding carboxylic acids is 2. The number of carbonyl (C=O) groups is 2. The number of nitrogens with one attached hydrogen (secondary N) is 1. The van der Waals surface area contributed by atoms with Crippen LogP contribution in [0.4, 0.5) is 5.69 Å². The van der Waals surface area contributed by atoms with Crippen LogP contribution in [0.1, 0.15) is 50.8 Å². The lowest BCUT2D eigenvalue weighted by atomic mass is 10.1. The molecular formula is C23H28N2O3. The minimum Gasteiger partial charge on any atom is -0.491 e. The van der Waals surface area contributed by atoms with Gasteiger partial charge in [0.2, 0.25) is 11.8 Å². The molecule has 0 bridgehead atoms. The second kappa shape index (κ2) is 8.91. The maximum Gasteiger partial charge on any atom is 0.227 e. The zero-order chi connectivity index (χ0) is 20.1. The van der Waals surface area contributed by atoms with Crippen molar-refractivity contribution >= 4 is 17.5 Å². The number of benzene rings is 2. The van der Waals surface area contributed by atoms with Gasteiger partial charge in [0.1, 0.15) is 5.75 Å². The van der Waals surface area contributed by atoms with Crippen LogP contribution in [0.5, 0.6) is 5.75 Å². The van der Waals surface area contributed by atoms with E-state index in [1.807, 2.05) is 69.3 Å². The highest BCUT2D eigenvalue weighted by Crippen LogP contribution is 2.22. The molecule has 0 spiro atoms. The third-order valence-corrected chi connectivity index (χ3v) is 4.79. The highest BCUT2D eigenvalue weighted by molar-refractivity contribution is 5.95. The summed E-state index contributed by atoms with van der Waals surface area (Å²) in [6, 6.07) is 15.4. The Morgan fingerprint density at radius 3 is 2.54 bits per heavy atom. The van der Waals surface area contributed by atoms with Gasteiger partial charge in [0, 0.05) is 18.7 Å². The lowest BCUT2D eigenvalue weighted by molar-refractivity contribution is -0.121. The van der Waals surface area contributed by atoms with Gasteiger partial charge in [0.15, 0.2) is 0 Å². The fourth-order valence-corrected chi connectivity index (χ4v) is 3.41. The van der Waals surface area contributed by atoms with Crippen molar-refractivity contribution in [3.8, 4) is 5.75 Å². The monoisotopic (exact) mass is 380 g/mol. The molecular weight excluding hydrogens is 352 g/mol. The summed E-state index contributed by atoms with van der Waals surface area (Å²) in [5, 5.41) is 3.04. The van der Waals surface area contributed by atoms with Crippen molar-refractivity contribution < 1.29 is 14.3 Å². The average Bonchev–Trinajstić information content (AvgIpc) is 3.08. The van der Waals surface area contributed by atoms with Crippen LogP contribution in [0.3, 0.4) is 0 Å². The molecule has 2 aromatic carbocycles. The Bertz CT molecular complexity index is 830. The van der Waals surface area contributed by atoms with Gasteiger partial charge in [-0.3, -0.25) is 9.59 Å². The van der Waals surface area contributed by atoms with E-state index in [1.165, 1.54) is 0 Å². The Balaban J connectivity index is 1.57. The number of hydrogen-bond acceptors (Lipinski definition) is 3. The van der Waals surface area contributed by atoms with Crippen molar-refractivity contribution in [2.24, 2.45) is 0 Å². The molecule has 1 heterocycles. The minimum absolute atomic E-state index is 0.0346. The van der Waals surface area contributed by atoms with Crippen LogP contribution in [-0.4, -0.2) is 24.5 Å². The van der Waals surface area contributed by atoms with Crippen molar-refractivity contribution in [2.75, 3.05) is 11.4 Å². The summed E-state index contributed by atoms with van der Waals surface area (Å²) in [6.45, 7) is 6.72. The van der Waals surface area contributed by atoms with Gasteiger partial charge in [-0.05, 0) is 62.6 Å². The number of ether oxygens (including phenoxy) is 1. The van der Waals surface area contributed by atoms with Crippen LogP contribution in [0.15, 0.2) is 48.5 Å². The SMILES string of the molecule is CC(C)Oc1cccc(C(C)NC(=O)Cc2ccc(N3CCCC3=O)cc2)c1. The largest absolute Gasteiger partial charge is 0.491 e. The smallest absolute Gasteiger partial charge is 0.227 e. The average molecular weight is 380 g/mol. The van der Waals surface area contributed by atoms with Crippen LogP contribution < -0.4 is 15.0 Å². The summed E-state index contributed by atoms with van der Waals surface area (Å²) in [5.74, 6) is 0.941. The van der Waals surface area contributed by atoms with Crippen LogP contribution in [0.25, 0.3) is 0 Å². The Labute approximate surface area is 166 Å². The van der Waals surface area contributed by atoms with Gasteiger partial charge in [0.25, 0.3) is 0 Å². The minimum atomic E-state index is -0.107. The highest BCUT2D eigenvalue weighted by Gasteiger charge is 2.21. The molecule has 2 amide bonds. The topological polar surface area (TPSA) is 58.6 Å². The van der Waals surface area contributed by atoms with E-state index in [0.29, 0.717) is 12.8 Å². The number of rotatable bonds is 7. The molecule has 1 aliphatic heterocycles. The zero-order valence-corrected chi connectivity index (χ0v) is 16.8. The van der Waals surface area contributed by atoms with Crippen molar-refractivity contribution in [3.63, 3.8) is 0 Å². The number of amides is 2. The normalized spacial score (nSPS) is 15.0. The molecule has 2 aromatic rings. The Morgan fingerprint density at radius 2 is 1.89 bits per heavy atom.